The fourth-order valence-electron chi connectivity index (χ4n) is 2.36. The molecule has 1 aliphatic rings. The third kappa shape index (κ3) is 6.10. The van der Waals surface area contributed by atoms with Gasteiger partial charge in [0.15, 0.2) is 0 Å². The van der Waals surface area contributed by atoms with Crippen molar-refractivity contribution in [2.75, 3.05) is 0 Å². The maximum Gasteiger partial charge on any atom is 0.408 e. The van der Waals surface area contributed by atoms with Crippen molar-refractivity contribution < 1.29 is 9.53 Å². The molecule has 0 aromatic heterocycles. The van der Waals surface area contributed by atoms with Crippen LogP contribution in [0.15, 0.2) is 12.2 Å². The van der Waals surface area contributed by atoms with Crippen molar-refractivity contribution in [1.82, 2.24) is 5.32 Å². The topological polar surface area (TPSA) is 64.3 Å². The highest BCUT2D eigenvalue weighted by molar-refractivity contribution is 5.69. The van der Waals surface area contributed by atoms with Crippen molar-refractivity contribution in [2.45, 2.75) is 77.0 Å². The van der Waals surface area contributed by atoms with Gasteiger partial charge in [0.25, 0.3) is 0 Å². The molecule has 1 atom stereocenters. The van der Waals surface area contributed by atoms with Crippen LogP contribution in [0.4, 0.5) is 4.79 Å². The Bertz CT molecular complexity index is 324. The molecule has 0 aromatic carbocycles. The third-order valence-corrected chi connectivity index (χ3v) is 3.21. The Morgan fingerprint density at radius 1 is 1.32 bits per heavy atom. The highest BCUT2D eigenvalue weighted by Crippen LogP contribution is 2.30. The van der Waals surface area contributed by atoms with Crippen molar-refractivity contribution in [1.29, 1.82) is 0 Å². The van der Waals surface area contributed by atoms with Gasteiger partial charge in [0, 0.05) is 6.04 Å². The summed E-state index contributed by atoms with van der Waals surface area (Å²) in [4.78, 5) is 12.0. The lowest BCUT2D eigenvalue weighted by Gasteiger charge is -2.36. The molecular weight excluding hydrogens is 240 g/mol. The number of ether oxygens (including phenoxy) is 1. The lowest BCUT2D eigenvalue weighted by molar-refractivity contribution is 0.0457. The predicted molar refractivity (Wildman–Crippen MR) is 78.0 cm³/mol. The fourth-order valence-corrected chi connectivity index (χ4v) is 2.36. The Morgan fingerprint density at radius 3 is 2.37 bits per heavy atom. The first-order valence-corrected chi connectivity index (χ1v) is 7.19. The molecule has 0 spiro atoms. The maximum atomic E-state index is 12.0. The molecule has 0 aromatic rings. The third-order valence-electron chi connectivity index (χ3n) is 3.21. The van der Waals surface area contributed by atoms with Gasteiger partial charge in [-0.05, 0) is 40.5 Å². The normalized spacial score (nSPS) is 21.1. The van der Waals surface area contributed by atoms with E-state index < -0.39 is 5.60 Å². The standard InChI is InChI=1S/C15H28N2O2/c1-12(16)8-11-15(9-6-5-7-10-15)17-13(18)19-14(2,3)4/h8,11-12H,5-7,9-10,16H2,1-4H3,(H,17,18)/b11-8-. The minimum absolute atomic E-state index is 0.000706. The van der Waals surface area contributed by atoms with Crippen molar-refractivity contribution in [3.63, 3.8) is 0 Å². The average Bonchev–Trinajstić information content (AvgIpc) is 2.25. The zero-order chi connectivity index (χ0) is 14.5. The molecule has 3 N–H and O–H groups in total. The number of hydrogen-bond acceptors (Lipinski definition) is 3. The van der Waals surface area contributed by atoms with Gasteiger partial charge in [0.2, 0.25) is 0 Å². The SMILES string of the molecule is CC(N)/C=C\C1(NC(=O)OC(C)(C)C)CCCCC1. The van der Waals surface area contributed by atoms with Crippen LogP contribution in [0.25, 0.3) is 0 Å². The van der Waals surface area contributed by atoms with Gasteiger partial charge >= 0.3 is 6.09 Å². The minimum Gasteiger partial charge on any atom is -0.444 e. The summed E-state index contributed by atoms with van der Waals surface area (Å²) in [6.45, 7) is 7.55. The number of rotatable bonds is 3. The number of carbonyl (C=O) groups is 1. The second-order valence-corrected chi connectivity index (χ2v) is 6.56. The van der Waals surface area contributed by atoms with Gasteiger partial charge in [-0.25, -0.2) is 4.79 Å². The van der Waals surface area contributed by atoms with Gasteiger partial charge in [0.05, 0.1) is 5.54 Å². The monoisotopic (exact) mass is 268 g/mol. The van der Waals surface area contributed by atoms with Gasteiger partial charge in [0.1, 0.15) is 5.60 Å². The molecule has 19 heavy (non-hydrogen) atoms. The van der Waals surface area contributed by atoms with Crippen LogP contribution in [-0.4, -0.2) is 23.3 Å². The van der Waals surface area contributed by atoms with E-state index in [2.05, 4.69) is 11.4 Å². The quantitative estimate of drug-likeness (QED) is 0.773. The van der Waals surface area contributed by atoms with Crippen LogP contribution in [-0.2, 0) is 4.74 Å². The number of alkyl carbamates (subject to hydrolysis) is 1. The largest absolute Gasteiger partial charge is 0.444 e. The summed E-state index contributed by atoms with van der Waals surface area (Å²) in [5, 5.41) is 3.04. The Labute approximate surface area is 116 Å². The second-order valence-electron chi connectivity index (χ2n) is 6.56. The molecule has 0 saturated heterocycles. The first kappa shape index (κ1) is 16.0. The minimum atomic E-state index is -0.467. The van der Waals surface area contributed by atoms with E-state index in [9.17, 15) is 4.79 Å². The predicted octanol–water partition coefficient (Wildman–Crippen LogP) is 3.12. The molecule has 4 heteroatoms. The zero-order valence-corrected chi connectivity index (χ0v) is 12.7. The van der Waals surface area contributed by atoms with Crippen molar-refractivity contribution in [3.8, 4) is 0 Å². The summed E-state index contributed by atoms with van der Waals surface area (Å²) in [6.07, 6.45) is 9.06. The lowest BCUT2D eigenvalue weighted by Crippen LogP contribution is -2.50. The molecule has 110 valence electrons. The molecule has 1 amide bonds. The molecule has 1 fully saturated rings. The van der Waals surface area contributed by atoms with Crippen LogP contribution in [0.3, 0.4) is 0 Å². The van der Waals surface area contributed by atoms with Crippen LogP contribution in [0.5, 0.6) is 0 Å². The Balaban J connectivity index is 2.72. The Kier molecular flexibility index (Phi) is 5.41. The van der Waals surface area contributed by atoms with E-state index in [4.69, 9.17) is 10.5 Å². The molecule has 1 aliphatic carbocycles. The molecule has 0 aliphatic heterocycles. The molecule has 0 bridgehead atoms. The number of carbonyl (C=O) groups excluding carboxylic acids is 1. The number of amides is 1. The summed E-state index contributed by atoms with van der Waals surface area (Å²) >= 11 is 0. The van der Waals surface area contributed by atoms with Crippen molar-refractivity contribution >= 4 is 6.09 Å². The molecule has 0 heterocycles. The summed E-state index contributed by atoms with van der Waals surface area (Å²) in [5.74, 6) is 0. The number of nitrogens with two attached hydrogens (primary N) is 1. The van der Waals surface area contributed by atoms with Crippen molar-refractivity contribution in [2.24, 2.45) is 5.73 Å². The van der Waals surface area contributed by atoms with E-state index in [1.165, 1.54) is 6.42 Å². The molecule has 1 rings (SSSR count). The zero-order valence-electron chi connectivity index (χ0n) is 12.7. The van der Waals surface area contributed by atoms with E-state index in [-0.39, 0.29) is 17.7 Å². The van der Waals surface area contributed by atoms with Crippen LogP contribution < -0.4 is 11.1 Å². The van der Waals surface area contributed by atoms with E-state index in [0.717, 1.165) is 25.7 Å². The Hall–Kier alpha value is -1.03. The highest BCUT2D eigenvalue weighted by atomic mass is 16.6. The first-order valence-electron chi connectivity index (χ1n) is 7.19. The van der Waals surface area contributed by atoms with Gasteiger partial charge in [-0.15, -0.1) is 0 Å². The van der Waals surface area contributed by atoms with Crippen LogP contribution in [0, 0.1) is 0 Å². The van der Waals surface area contributed by atoms with E-state index in [1.54, 1.807) is 0 Å². The maximum absolute atomic E-state index is 12.0. The van der Waals surface area contributed by atoms with Crippen LogP contribution in [0.1, 0.15) is 59.8 Å². The second kappa shape index (κ2) is 6.42. The summed E-state index contributed by atoms with van der Waals surface area (Å²) in [7, 11) is 0. The highest BCUT2D eigenvalue weighted by Gasteiger charge is 2.32. The molecule has 4 nitrogen and oxygen atoms in total. The molecule has 1 saturated carbocycles. The Morgan fingerprint density at radius 2 is 1.89 bits per heavy atom. The average molecular weight is 268 g/mol. The van der Waals surface area contributed by atoms with E-state index in [1.807, 2.05) is 33.8 Å². The number of hydrogen-bond donors (Lipinski definition) is 2. The summed E-state index contributed by atoms with van der Waals surface area (Å²) in [6, 6.07) is -0.000706. The van der Waals surface area contributed by atoms with Gasteiger partial charge in [-0.3, -0.25) is 0 Å². The summed E-state index contributed by atoms with van der Waals surface area (Å²) in [5.41, 5.74) is 5.02. The fraction of sp³-hybridized carbons (Fsp3) is 0.800. The van der Waals surface area contributed by atoms with Crippen molar-refractivity contribution in [3.05, 3.63) is 12.2 Å². The van der Waals surface area contributed by atoms with E-state index in [0.29, 0.717) is 0 Å². The van der Waals surface area contributed by atoms with Crippen LogP contribution in [0.2, 0.25) is 0 Å². The smallest absolute Gasteiger partial charge is 0.408 e. The lowest BCUT2D eigenvalue weighted by atomic mass is 9.81. The van der Waals surface area contributed by atoms with Crippen LogP contribution >= 0.6 is 0 Å². The van der Waals surface area contributed by atoms with E-state index >= 15 is 0 Å². The number of nitrogens with one attached hydrogen (secondary N) is 1. The van der Waals surface area contributed by atoms with Gasteiger partial charge in [-0.1, -0.05) is 31.4 Å². The molecule has 1 unspecified atom stereocenters. The summed E-state index contributed by atoms with van der Waals surface area (Å²) < 4.78 is 5.36. The molecular formula is C15H28N2O2. The van der Waals surface area contributed by atoms with Gasteiger partial charge in [-0.2, -0.15) is 0 Å². The molecule has 0 radical (unpaired) electrons. The van der Waals surface area contributed by atoms with Gasteiger partial charge < -0.3 is 15.8 Å². The first-order chi connectivity index (χ1) is 8.72.